The largest absolute Gasteiger partial charge is 0.457 e. The van der Waals surface area contributed by atoms with Crippen molar-refractivity contribution >= 4 is 11.3 Å². The number of allylic oxidation sites excluding steroid dienone is 3. The lowest BCUT2D eigenvalue weighted by Gasteiger charge is -2.39. The second kappa shape index (κ2) is 5.05. The molecule has 1 aromatic rings. The lowest BCUT2D eigenvalue weighted by Crippen LogP contribution is -2.35. The SMILES string of the molecule is C/C=C1\C=C(C(F)(F)F)c2cc3c4c(c2O1)CCCN4CCC3. The molecule has 0 aliphatic carbocycles. The second-order valence-electron chi connectivity index (χ2n) is 6.28. The zero-order chi connectivity index (χ0) is 16.2. The summed E-state index contributed by atoms with van der Waals surface area (Å²) in [6, 6.07) is 1.71. The number of aryl methyl sites for hydroxylation is 1. The van der Waals surface area contributed by atoms with Gasteiger partial charge < -0.3 is 9.64 Å². The molecule has 0 saturated heterocycles. The maximum Gasteiger partial charge on any atom is 0.417 e. The maximum absolute atomic E-state index is 13.5. The van der Waals surface area contributed by atoms with Gasteiger partial charge in [-0.25, -0.2) is 0 Å². The number of fused-ring (bicyclic) bond motifs is 2. The third kappa shape index (κ3) is 2.25. The van der Waals surface area contributed by atoms with E-state index in [-0.39, 0.29) is 11.3 Å². The van der Waals surface area contributed by atoms with Crippen LogP contribution in [-0.2, 0) is 12.8 Å². The number of benzene rings is 1. The summed E-state index contributed by atoms with van der Waals surface area (Å²) in [6.45, 7) is 3.66. The van der Waals surface area contributed by atoms with Crippen molar-refractivity contribution in [2.24, 2.45) is 0 Å². The number of alkyl halides is 3. The van der Waals surface area contributed by atoms with Gasteiger partial charge in [-0.2, -0.15) is 13.2 Å². The van der Waals surface area contributed by atoms with E-state index in [1.807, 2.05) is 0 Å². The van der Waals surface area contributed by atoms with Crippen LogP contribution in [-0.4, -0.2) is 19.3 Å². The number of ether oxygens (including phenoxy) is 1. The molecule has 1 aromatic carbocycles. The summed E-state index contributed by atoms with van der Waals surface area (Å²) in [6.07, 6.45) is 1.90. The molecule has 0 fully saturated rings. The maximum atomic E-state index is 13.5. The van der Waals surface area contributed by atoms with Gasteiger partial charge in [-0.3, -0.25) is 0 Å². The van der Waals surface area contributed by atoms with Gasteiger partial charge in [-0.15, -0.1) is 0 Å². The Kier molecular flexibility index (Phi) is 3.22. The topological polar surface area (TPSA) is 12.5 Å². The molecule has 3 heterocycles. The van der Waals surface area contributed by atoms with Crippen LogP contribution >= 0.6 is 0 Å². The molecule has 0 N–H and O–H groups in total. The third-order valence-electron chi connectivity index (χ3n) is 4.86. The van der Waals surface area contributed by atoms with Gasteiger partial charge in [0.25, 0.3) is 0 Å². The fraction of sp³-hybridized carbons (Fsp3) is 0.444. The summed E-state index contributed by atoms with van der Waals surface area (Å²) < 4.78 is 46.4. The summed E-state index contributed by atoms with van der Waals surface area (Å²) in [5.41, 5.74) is 2.74. The zero-order valence-corrected chi connectivity index (χ0v) is 13.0. The van der Waals surface area contributed by atoms with Gasteiger partial charge in [0.15, 0.2) is 0 Å². The average molecular weight is 321 g/mol. The average Bonchev–Trinajstić information content (AvgIpc) is 2.53. The minimum absolute atomic E-state index is 0.209. The minimum Gasteiger partial charge on any atom is -0.457 e. The molecule has 0 atom stereocenters. The molecule has 0 aromatic heterocycles. The summed E-state index contributed by atoms with van der Waals surface area (Å²) in [7, 11) is 0. The first kappa shape index (κ1) is 14.7. The molecule has 4 rings (SSSR count). The molecule has 3 aliphatic rings. The van der Waals surface area contributed by atoms with E-state index in [1.54, 1.807) is 19.1 Å². The van der Waals surface area contributed by atoms with E-state index in [0.29, 0.717) is 5.75 Å². The molecule has 0 amide bonds. The number of halogens is 3. The molecule has 0 saturated carbocycles. The van der Waals surface area contributed by atoms with Crippen LogP contribution in [0.5, 0.6) is 5.75 Å². The minimum atomic E-state index is -4.38. The fourth-order valence-corrected chi connectivity index (χ4v) is 3.89. The van der Waals surface area contributed by atoms with Crippen molar-refractivity contribution in [2.45, 2.75) is 38.8 Å². The summed E-state index contributed by atoms with van der Waals surface area (Å²) in [5, 5.41) is 0. The first-order valence-electron chi connectivity index (χ1n) is 8.06. The Morgan fingerprint density at radius 1 is 1.17 bits per heavy atom. The molecular formula is C18H18F3NO. The fourth-order valence-electron chi connectivity index (χ4n) is 3.89. The normalized spacial score (nSPS) is 21.5. The predicted octanol–water partition coefficient (Wildman–Crippen LogP) is 4.63. The van der Waals surface area contributed by atoms with E-state index in [9.17, 15) is 13.2 Å². The number of anilines is 1. The van der Waals surface area contributed by atoms with Crippen LogP contribution in [0.15, 0.2) is 24.0 Å². The zero-order valence-electron chi connectivity index (χ0n) is 13.0. The Bertz CT molecular complexity index is 729. The number of hydrogen-bond donors (Lipinski definition) is 0. The van der Waals surface area contributed by atoms with Gasteiger partial charge in [0, 0.05) is 29.9 Å². The Balaban J connectivity index is 1.98. The van der Waals surface area contributed by atoms with E-state index in [2.05, 4.69) is 4.90 Å². The van der Waals surface area contributed by atoms with Crippen LogP contribution in [0.2, 0.25) is 0 Å². The van der Waals surface area contributed by atoms with Crippen molar-refractivity contribution < 1.29 is 17.9 Å². The van der Waals surface area contributed by atoms with Crippen molar-refractivity contribution in [1.29, 1.82) is 0 Å². The highest BCUT2D eigenvalue weighted by Crippen LogP contribution is 2.50. The standard InChI is InChI=1S/C18H18F3NO/c1-2-12-10-15(18(19,20)21)14-9-11-5-3-7-22-8-4-6-13(16(11)22)17(14)23-12/h2,9-10H,3-8H2,1H3/b12-2+. The molecule has 0 unspecified atom stereocenters. The van der Waals surface area contributed by atoms with Crippen molar-refractivity contribution in [3.8, 4) is 5.75 Å². The first-order valence-corrected chi connectivity index (χ1v) is 8.06. The van der Waals surface area contributed by atoms with Gasteiger partial charge in [0.1, 0.15) is 11.5 Å². The summed E-state index contributed by atoms with van der Waals surface area (Å²) in [4.78, 5) is 2.31. The van der Waals surface area contributed by atoms with E-state index in [4.69, 9.17) is 4.74 Å². The van der Waals surface area contributed by atoms with Gasteiger partial charge in [-0.05, 0) is 56.4 Å². The molecular weight excluding hydrogens is 303 g/mol. The Labute approximate surface area is 133 Å². The van der Waals surface area contributed by atoms with E-state index in [1.165, 1.54) is 0 Å². The second-order valence-corrected chi connectivity index (χ2v) is 6.28. The summed E-state index contributed by atoms with van der Waals surface area (Å²) >= 11 is 0. The molecule has 2 nitrogen and oxygen atoms in total. The van der Waals surface area contributed by atoms with Crippen LogP contribution in [0.25, 0.3) is 5.57 Å². The Morgan fingerprint density at radius 3 is 2.61 bits per heavy atom. The van der Waals surface area contributed by atoms with E-state index in [0.717, 1.165) is 61.7 Å². The first-order chi connectivity index (χ1) is 11.0. The van der Waals surface area contributed by atoms with E-state index < -0.39 is 11.7 Å². The van der Waals surface area contributed by atoms with Gasteiger partial charge in [0.2, 0.25) is 0 Å². The lowest BCUT2D eigenvalue weighted by atomic mass is 9.86. The van der Waals surface area contributed by atoms with Crippen molar-refractivity contribution in [1.82, 2.24) is 0 Å². The van der Waals surface area contributed by atoms with Gasteiger partial charge in [0.05, 0.1) is 5.57 Å². The Morgan fingerprint density at radius 2 is 1.91 bits per heavy atom. The number of rotatable bonds is 0. The smallest absolute Gasteiger partial charge is 0.417 e. The lowest BCUT2D eigenvalue weighted by molar-refractivity contribution is -0.0694. The molecule has 3 aliphatic heterocycles. The highest BCUT2D eigenvalue weighted by Gasteiger charge is 2.41. The third-order valence-corrected chi connectivity index (χ3v) is 4.86. The van der Waals surface area contributed by atoms with Crippen LogP contribution in [0.4, 0.5) is 18.9 Å². The molecule has 0 bridgehead atoms. The van der Waals surface area contributed by atoms with Gasteiger partial charge in [-0.1, -0.05) is 0 Å². The highest BCUT2D eigenvalue weighted by molar-refractivity contribution is 5.84. The quantitative estimate of drug-likeness (QED) is 0.691. The molecule has 5 heteroatoms. The molecule has 23 heavy (non-hydrogen) atoms. The molecule has 122 valence electrons. The van der Waals surface area contributed by atoms with Crippen molar-refractivity contribution in [2.75, 3.05) is 18.0 Å². The van der Waals surface area contributed by atoms with Gasteiger partial charge >= 0.3 is 6.18 Å². The number of nitrogens with zero attached hydrogens (tertiary/aromatic N) is 1. The summed E-state index contributed by atoms with van der Waals surface area (Å²) in [5.74, 6) is 0.687. The Hall–Kier alpha value is -1.91. The monoisotopic (exact) mass is 321 g/mol. The molecule has 0 spiro atoms. The van der Waals surface area contributed by atoms with Crippen LogP contribution in [0.3, 0.4) is 0 Å². The predicted molar refractivity (Wildman–Crippen MR) is 83.7 cm³/mol. The van der Waals surface area contributed by atoms with Crippen molar-refractivity contribution in [3.05, 3.63) is 40.7 Å². The molecule has 0 radical (unpaired) electrons. The van der Waals surface area contributed by atoms with Crippen LogP contribution in [0.1, 0.15) is 36.5 Å². The van der Waals surface area contributed by atoms with Crippen LogP contribution < -0.4 is 9.64 Å². The van der Waals surface area contributed by atoms with Crippen LogP contribution in [0, 0.1) is 0 Å². The van der Waals surface area contributed by atoms with E-state index >= 15 is 0 Å². The van der Waals surface area contributed by atoms with Crippen molar-refractivity contribution in [3.63, 3.8) is 0 Å². The highest BCUT2D eigenvalue weighted by atomic mass is 19.4. The number of hydrogen-bond acceptors (Lipinski definition) is 2.